The maximum Gasteiger partial charge on any atom is 0.251 e. The maximum absolute atomic E-state index is 12.1. The van der Waals surface area contributed by atoms with Crippen LogP contribution >= 0.6 is 0 Å². The van der Waals surface area contributed by atoms with E-state index in [1.165, 1.54) is 31.5 Å². The Labute approximate surface area is 145 Å². The van der Waals surface area contributed by atoms with E-state index in [0.29, 0.717) is 12.2 Å². The van der Waals surface area contributed by atoms with E-state index in [9.17, 15) is 4.79 Å². The van der Waals surface area contributed by atoms with Gasteiger partial charge in [-0.15, -0.1) is 0 Å². The van der Waals surface area contributed by atoms with Crippen molar-refractivity contribution in [2.45, 2.75) is 64.2 Å². The molecule has 0 saturated carbocycles. The minimum absolute atomic E-state index is 0.00565. The average Bonchev–Trinajstić information content (AvgIpc) is 3.20. The fraction of sp³-hybridized carbons (Fsp3) is 0.650. The second kappa shape index (κ2) is 8.13. The summed E-state index contributed by atoms with van der Waals surface area (Å²) in [5.74, 6) is 0.00565. The first kappa shape index (κ1) is 17.4. The molecule has 4 heteroatoms. The minimum Gasteiger partial charge on any atom is -0.373 e. The smallest absolute Gasteiger partial charge is 0.251 e. The second-order valence-corrected chi connectivity index (χ2v) is 7.50. The Balaban J connectivity index is 1.52. The van der Waals surface area contributed by atoms with Crippen molar-refractivity contribution in [2.24, 2.45) is 0 Å². The largest absolute Gasteiger partial charge is 0.373 e. The molecule has 0 unspecified atom stereocenters. The van der Waals surface area contributed by atoms with Crippen molar-refractivity contribution >= 4 is 5.91 Å². The Morgan fingerprint density at radius 2 is 2.00 bits per heavy atom. The predicted molar refractivity (Wildman–Crippen MR) is 96.3 cm³/mol. The molecule has 0 bridgehead atoms. The number of hydrogen-bond acceptors (Lipinski definition) is 3. The molecule has 1 amide bonds. The highest BCUT2D eigenvalue weighted by Crippen LogP contribution is 2.25. The van der Waals surface area contributed by atoms with Gasteiger partial charge in [0.2, 0.25) is 0 Å². The number of ether oxygens (including phenoxy) is 1. The van der Waals surface area contributed by atoms with Crippen molar-refractivity contribution in [3.05, 3.63) is 35.4 Å². The molecule has 1 N–H and O–H groups in total. The third kappa shape index (κ3) is 4.81. The van der Waals surface area contributed by atoms with Crippen LogP contribution in [0.4, 0.5) is 0 Å². The molecule has 1 aromatic carbocycles. The van der Waals surface area contributed by atoms with Gasteiger partial charge in [-0.1, -0.05) is 12.1 Å². The summed E-state index contributed by atoms with van der Waals surface area (Å²) < 4.78 is 6.25. The highest BCUT2D eigenvalue weighted by Gasteiger charge is 2.27. The second-order valence-electron chi connectivity index (χ2n) is 7.50. The number of hydrogen-bond donors (Lipinski definition) is 1. The van der Waals surface area contributed by atoms with Gasteiger partial charge in [-0.3, -0.25) is 4.79 Å². The molecule has 0 spiro atoms. The quantitative estimate of drug-likeness (QED) is 0.872. The molecule has 2 fully saturated rings. The lowest BCUT2D eigenvalue weighted by atomic mass is 10.0. The van der Waals surface area contributed by atoms with Crippen molar-refractivity contribution in [3.8, 4) is 0 Å². The summed E-state index contributed by atoms with van der Waals surface area (Å²) in [5.41, 5.74) is 1.94. The van der Waals surface area contributed by atoms with E-state index in [2.05, 4.69) is 16.3 Å². The van der Waals surface area contributed by atoms with Crippen LogP contribution in [0.25, 0.3) is 0 Å². The third-order valence-corrected chi connectivity index (χ3v) is 4.93. The zero-order valence-electron chi connectivity index (χ0n) is 15.0. The fourth-order valence-electron chi connectivity index (χ4n) is 3.77. The Hall–Kier alpha value is -1.39. The van der Waals surface area contributed by atoms with Crippen LogP contribution in [0.5, 0.6) is 0 Å². The molecular weight excluding hydrogens is 300 g/mol. The van der Waals surface area contributed by atoms with Gasteiger partial charge in [0, 0.05) is 18.2 Å². The molecule has 24 heavy (non-hydrogen) atoms. The Morgan fingerprint density at radius 3 is 2.75 bits per heavy atom. The van der Waals surface area contributed by atoms with Crippen LogP contribution in [-0.2, 0) is 11.2 Å². The van der Waals surface area contributed by atoms with E-state index < -0.39 is 0 Å². The van der Waals surface area contributed by atoms with E-state index in [1.807, 2.05) is 32.0 Å². The van der Waals surface area contributed by atoms with Gasteiger partial charge in [0.25, 0.3) is 5.91 Å². The van der Waals surface area contributed by atoms with Gasteiger partial charge < -0.3 is 15.0 Å². The molecule has 132 valence electrons. The maximum atomic E-state index is 12.1. The van der Waals surface area contributed by atoms with Crippen molar-refractivity contribution in [2.75, 3.05) is 19.6 Å². The summed E-state index contributed by atoms with van der Waals surface area (Å²) in [5, 5.41) is 2.95. The van der Waals surface area contributed by atoms with Gasteiger partial charge in [-0.2, -0.15) is 0 Å². The van der Waals surface area contributed by atoms with E-state index >= 15 is 0 Å². The van der Waals surface area contributed by atoms with E-state index in [-0.39, 0.29) is 11.9 Å². The number of amides is 1. The summed E-state index contributed by atoms with van der Waals surface area (Å²) in [6, 6.07) is 8.12. The molecule has 2 heterocycles. The molecule has 0 aliphatic carbocycles. The minimum atomic E-state index is 0.00565. The molecule has 2 atom stereocenters. The standard InChI is InChI=1S/C20H30N2O2/c1-15(2)21-20(23)17-7-5-6-16(12-17)13-18-8-9-19(24-18)14-22-10-3-4-11-22/h5-7,12,15,18-19H,3-4,8-11,13-14H2,1-2H3,(H,21,23)/t18-,19+/m0/s1. The topological polar surface area (TPSA) is 41.6 Å². The van der Waals surface area contributed by atoms with E-state index in [0.717, 1.165) is 31.4 Å². The molecule has 4 nitrogen and oxygen atoms in total. The van der Waals surface area contributed by atoms with E-state index in [1.54, 1.807) is 0 Å². The Morgan fingerprint density at radius 1 is 1.25 bits per heavy atom. The van der Waals surface area contributed by atoms with Crippen LogP contribution < -0.4 is 5.32 Å². The van der Waals surface area contributed by atoms with Crippen molar-refractivity contribution in [1.29, 1.82) is 0 Å². The molecule has 2 saturated heterocycles. The first-order valence-electron chi connectivity index (χ1n) is 9.38. The number of benzene rings is 1. The lowest BCUT2D eigenvalue weighted by Gasteiger charge is -2.20. The zero-order valence-corrected chi connectivity index (χ0v) is 15.0. The van der Waals surface area contributed by atoms with Crippen molar-refractivity contribution < 1.29 is 9.53 Å². The van der Waals surface area contributed by atoms with E-state index in [4.69, 9.17) is 4.74 Å². The monoisotopic (exact) mass is 330 g/mol. The SMILES string of the molecule is CC(C)NC(=O)c1cccc(C[C@@H]2CC[C@H](CN3CCCC3)O2)c1. The molecule has 1 aromatic rings. The number of rotatable bonds is 6. The van der Waals surface area contributed by atoms with Crippen LogP contribution in [0.3, 0.4) is 0 Å². The van der Waals surface area contributed by atoms with Crippen LogP contribution in [0, 0.1) is 0 Å². The number of likely N-dealkylation sites (tertiary alicyclic amines) is 1. The molecule has 3 rings (SSSR count). The van der Waals surface area contributed by atoms with Gasteiger partial charge in [0.1, 0.15) is 0 Å². The normalized spacial score (nSPS) is 24.6. The lowest BCUT2D eigenvalue weighted by molar-refractivity contribution is 0.0275. The third-order valence-electron chi connectivity index (χ3n) is 4.93. The summed E-state index contributed by atoms with van der Waals surface area (Å²) in [6.45, 7) is 7.52. The Bertz CT molecular complexity index is 552. The number of carbonyl (C=O) groups is 1. The van der Waals surface area contributed by atoms with Crippen LogP contribution in [0.2, 0.25) is 0 Å². The molecule has 2 aliphatic rings. The highest BCUT2D eigenvalue weighted by molar-refractivity contribution is 5.94. The lowest BCUT2D eigenvalue weighted by Crippen LogP contribution is -2.30. The van der Waals surface area contributed by atoms with Gasteiger partial charge in [0.05, 0.1) is 12.2 Å². The van der Waals surface area contributed by atoms with Gasteiger partial charge in [-0.25, -0.2) is 0 Å². The van der Waals surface area contributed by atoms with Gasteiger partial charge >= 0.3 is 0 Å². The number of nitrogens with one attached hydrogen (secondary N) is 1. The zero-order chi connectivity index (χ0) is 16.9. The summed E-state index contributed by atoms with van der Waals surface area (Å²) in [4.78, 5) is 14.7. The number of nitrogens with zero attached hydrogens (tertiary/aromatic N) is 1. The average molecular weight is 330 g/mol. The van der Waals surface area contributed by atoms with Crippen LogP contribution in [0.15, 0.2) is 24.3 Å². The molecule has 0 aromatic heterocycles. The van der Waals surface area contributed by atoms with Gasteiger partial charge in [-0.05, 0) is 76.7 Å². The first-order valence-corrected chi connectivity index (χ1v) is 9.38. The summed E-state index contributed by atoms with van der Waals surface area (Å²) in [7, 11) is 0. The van der Waals surface area contributed by atoms with Gasteiger partial charge in [0.15, 0.2) is 0 Å². The molecule has 2 aliphatic heterocycles. The molecule has 0 radical (unpaired) electrons. The van der Waals surface area contributed by atoms with Crippen LogP contribution in [0.1, 0.15) is 55.5 Å². The number of carbonyl (C=O) groups excluding carboxylic acids is 1. The fourth-order valence-corrected chi connectivity index (χ4v) is 3.77. The Kier molecular flexibility index (Phi) is 5.90. The summed E-state index contributed by atoms with van der Waals surface area (Å²) in [6.07, 6.45) is 6.54. The summed E-state index contributed by atoms with van der Waals surface area (Å²) >= 11 is 0. The van der Waals surface area contributed by atoms with Crippen molar-refractivity contribution in [3.63, 3.8) is 0 Å². The first-order chi connectivity index (χ1) is 11.6. The highest BCUT2D eigenvalue weighted by atomic mass is 16.5. The predicted octanol–water partition coefficient (Wildman–Crippen LogP) is 3.01. The van der Waals surface area contributed by atoms with Crippen molar-refractivity contribution in [1.82, 2.24) is 10.2 Å². The van der Waals surface area contributed by atoms with Crippen LogP contribution in [-0.4, -0.2) is 48.7 Å². The molecular formula is C20H30N2O2.